The number of aliphatic hydroxyl groups is 1. The van der Waals surface area contributed by atoms with Crippen molar-refractivity contribution in [2.24, 2.45) is 0 Å². The molecule has 0 spiro atoms. The van der Waals surface area contributed by atoms with Crippen LogP contribution in [0.25, 0.3) is 0 Å². The number of hydrogen-bond acceptors (Lipinski definition) is 2. The molecular weight excluding hydrogens is 292 g/mol. The van der Waals surface area contributed by atoms with Crippen molar-refractivity contribution in [2.75, 3.05) is 0 Å². The van der Waals surface area contributed by atoms with E-state index in [1.54, 1.807) is 6.07 Å². The average Bonchev–Trinajstić information content (AvgIpc) is 2.29. The molecule has 1 atom stereocenters. The second kappa shape index (κ2) is 4.89. The first-order chi connectivity index (χ1) is 8.09. The molecular formula is C12H8BrF2NO. The number of hydrogen-bond donors (Lipinski definition) is 1. The highest BCUT2D eigenvalue weighted by Gasteiger charge is 2.18. The smallest absolute Gasteiger partial charge is 0.147 e. The highest BCUT2D eigenvalue weighted by Crippen LogP contribution is 2.27. The van der Waals surface area contributed by atoms with Gasteiger partial charge in [-0.2, -0.15) is 0 Å². The SMILES string of the molecule is OC(c1ccncc1F)c1ccc(Br)cc1F. The van der Waals surface area contributed by atoms with Crippen LogP contribution in [0.2, 0.25) is 0 Å². The summed E-state index contributed by atoms with van der Waals surface area (Å²) in [7, 11) is 0. The lowest BCUT2D eigenvalue weighted by atomic mass is 10.0. The highest BCUT2D eigenvalue weighted by atomic mass is 79.9. The Morgan fingerprint density at radius 1 is 1.12 bits per heavy atom. The Labute approximate surface area is 105 Å². The first-order valence-corrected chi connectivity index (χ1v) is 5.61. The van der Waals surface area contributed by atoms with Crippen LogP contribution < -0.4 is 0 Å². The summed E-state index contributed by atoms with van der Waals surface area (Å²) in [5, 5.41) is 9.92. The van der Waals surface area contributed by atoms with Gasteiger partial charge in [-0.1, -0.05) is 22.0 Å². The topological polar surface area (TPSA) is 33.1 Å². The largest absolute Gasteiger partial charge is 0.383 e. The molecule has 0 fully saturated rings. The molecule has 2 rings (SSSR count). The lowest BCUT2D eigenvalue weighted by Crippen LogP contribution is -2.05. The van der Waals surface area contributed by atoms with E-state index in [1.807, 2.05) is 0 Å². The van der Waals surface area contributed by atoms with E-state index in [2.05, 4.69) is 20.9 Å². The molecule has 17 heavy (non-hydrogen) atoms. The number of benzene rings is 1. The van der Waals surface area contributed by atoms with E-state index in [4.69, 9.17) is 0 Å². The Bertz CT molecular complexity index is 548. The monoisotopic (exact) mass is 299 g/mol. The molecule has 1 aromatic heterocycles. The van der Waals surface area contributed by atoms with Crippen molar-refractivity contribution >= 4 is 15.9 Å². The molecule has 1 heterocycles. The van der Waals surface area contributed by atoms with Gasteiger partial charge in [0.1, 0.15) is 17.7 Å². The molecule has 0 bridgehead atoms. The summed E-state index contributed by atoms with van der Waals surface area (Å²) in [6, 6.07) is 5.53. The number of nitrogens with zero attached hydrogens (tertiary/aromatic N) is 1. The maximum Gasteiger partial charge on any atom is 0.147 e. The van der Waals surface area contributed by atoms with Crippen LogP contribution in [-0.2, 0) is 0 Å². The van der Waals surface area contributed by atoms with E-state index in [0.29, 0.717) is 4.47 Å². The molecule has 5 heteroatoms. The molecule has 0 saturated heterocycles. The van der Waals surface area contributed by atoms with Crippen molar-refractivity contribution in [1.29, 1.82) is 0 Å². The summed E-state index contributed by atoms with van der Waals surface area (Å²) in [6.07, 6.45) is 0.986. The van der Waals surface area contributed by atoms with Gasteiger partial charge in [-0.25, -0.2) is 8.78 Å². The zero-order valence-corrected chi connectivity index (χ0v) is 10.2. The Kier molecular flexibility index (Phi) is 3.49. The minimum atomic E-state index is -1.34. The summed E-state index contributed by atoms with van der Waals surface area (Å²) in [6.45, 7) is 0. The van der Waals surface area contributed by atoms with Crippen LogP contribution in [0, 0.1) is 11.6 Å². The van der Waals surface area contributed by atoms with Gasteiger partial charge in [-0.15, -0.1) is 0 Å². The predicted octanol–water partition coefficient (Wildman–Crippen LogP) is 3.20. The summed E-state index contributed by atoms with van der Waals surface area (Å²) in [5.41, 5.74) is 0.0273. The van der Waals surface area contributed by atoms with Crippen molar-refractivity contribution in [3.63, 3.8) is 0 Å². The summed E-state index contributed by atoms with van der Waals surface area (Å²) < 4.78 is 27.5. The number of aromatic nitrogens is 1. The van der Waals surface area contributed by atoms with Crippen LogP contribution in [0.4, 0.5) is 8.78 Å². The van der Waals surface area contributed by atoms with Crippen molar-refractivity contribution in [3.05, 3.63) is 63.9 Å². The standard InChI is InChI=1S/C12H8BrF2NO/c13-7-1-2-8(10(14)5-7)12(17)9-3-4-16-6-11(9)15/h1-6,12,17H. The molecule has 0 amide bonds. The van der Waals surface area contributed by atoms with Crippen LogP contribution >= 0.6 is 15.9 Å². The Balaban J connectivity index is 2.44. The van der Waals surface area contributed by atoms with E-state index in [-0.39, 0.29) is 11.1 Å². The summed E-state index contributed by atoms with van der Waals surface area (Å²) in [5.74, 6) is -1.26. The number of halogens is 3. The summed E-state index contributed by atoms with van der Waals surface area (Å²) >= 11 is 3.11. The Morgan fingerprint density at radius 3 is 2.47 bits per heavy atom. The molecule has 0 aliphatic rings. The van der Waals surface area contributed by atoms with Crippen LogP contribution in [-0.4, -0.2) is 10.1 Å². The van der Waals surface area contributed by atoms with E-state index < -0.39 is 17.7 Å². The van der Waals surface area contributed by atoms with Crippen LogP contribution in [0.5, 0.6) is 0 Å². The fourth-order valence-electron chi connectivity index (χ4n) is 1.50. The molecule has 1 N–H and O–H groups in total. The van der Waals surface area contributed by atoms with Gasteiger partial charge in [-0.05, 0) is 18.2 Å². The maximum absolute atomic E-state index is 13.6. The second-order valence-electron chi connectivity index (χ2n) is 3.47. The first-order valence-electron chi connectivity index (χ1n) is 4.82. The molecule has 0 radical (unpaired) electrons. The Hall–Kier alpha value is -1.33. The quantitative estimate of drug-likeness (QED) is 0.924. The zero-order valence-electron chi connectivity index (χ0n) is 8.57. The van der Waals surface area contributed by atoms with Gasteiger partial charge < -0.3 is 5.11 Å². The number of pyridine rings is 1. The third-order valence-corrected chi connectivity index (χ3v) is 2.85. The first kappa shape index (κ1) is 12.1. The molecule has 1 aromatic carbocycles. The third kappa shape index (κ3) is 2.50. The van der Waals surface area contributed by atoms with Crippen LogP contribution in [0.1, 0.15) is 17.2 Å². The van der Waals surface area contributed by atoms with E-state index >= 15 is 0 Å². The molecule has 0 saturated carbocycles. The minimum absolute atomic E-state index is 0.00113. The van der Waals surface area contributed by atoms with Gasteiger partial charge in [0.05, 0.1) is 6.20 Å². The molecule has 2 aromatic rings. The zero-order chi connectivity index (χ0) is 12.4. The van der Waals surface area contributed by atoms with Gasteiger partial charge in [0.15, 0.2) is 0 Å². The molecule has 0 aliphatic heterocycles. The summed E-state index contributed by atoms with van der Waals surface area (Å²) in [4.78, 5) is 3.57. The van der Waals surface area contributed by atoms with Crippen molar-refractivity contribution in [1.82, 2.24) is 4.98 Å². The van der Waals surface area contributed by atoms with Crippen LogP contribution in [0.3, 0.4) is 0 Å². The Morgan fingerprint density at radius 2 is 1.82 bits per heavy atom. The fourth-order valence-corrected chi connectivity index (χ4v) is 1.83. The number of rotatable bonds is 2. The molecule has 0 aliphatic carbocycles. The minimum Gasteiger partial charge on any atom is -0.383 e. The van der Waals surface area contributed by atoms with Crippen LogP contribution in [0.15, 0.2) is 41.1 Å². The molecule has 2 nitrogen and oxygen atoms in total. The third-order valence-electron chi connectivity index (χ3n) is 2.36. The van der Waals surface area contributed by atoms with Gasteiger partial charge in [0.25, 0.3) is 0 Å². The molecule has 1 unspecified atom stereocenters. The van der Waals surface area contributed by atoms with E-state index in [0.717, 1.165) is 6.20 Å². The maximum atomic E-state index is 13.6. The van der Waals surface area contributed by atoms with E-state index in [9.17, 15) is 13.9 Å². The van der Waals surface area contributed by atoms with E-state index in [1.165, 1.54) is 24.4 Å². The van der Waals surface area contributed by atoms with Crippen molar-refractivity contribution in [3.8, 4) is 0 Å². The van der Waals surface area contributed by atoms with Gasteiger partial charge in [0, 0.05) is 21.8 Å². The molecule has 88 valence electrons. The van der Waals surface area contributed by atoms with Gasteiger partial charge in [0.2, 0.25) is 0 Å². The predicted molar refractivity (Wildman–Crippen MR) is 62.4 cm³/mol. The van der Waals surface area contributed by atoms with Crippen molar-refractivity contribution < 1.29 is 13.9 Å². The number of aliphatic hydroxyl groups excluding tert-OH is 1. The van der Waals surface area contributed by atoms with Gasteiger partial charge >= 0.3 is 0 Å². The normalized spacial score (nSPS) is 12.5. The lowest BCUT2D eigenvalue weighted by Gasteiger charge is -2.13. The van der Waals surface area contributed by atoms with Gasteiger partial charge in [-0.3, -0.25) is 4.98 Å². The lowest BCUT2D eigenvalue weighted by molar-refractivity contribution is 0.209. The highest BCUT2D eigenvalue weighted by molar-refractivity contribution is 9.10. The average molecular weight is 300 g/mol. The second-order valence-corrected chi connectivity index (χ2v) is 4.38. The fraction of sp³-hybridized carbons (Fsp3) is 0.0833. The van der Waals surface area contributed by atoms with Crippen molar-refractivity contribution in [2.45, 2.75) is 6.10 Å².